The molecule has 0 heterocycles. The Balaban J connectivity index is 3.04. The Morgan fingerprint density at radius 3 is 2.53 bits per heavy atom. The second-order valence-corrected chi connectivity index (χ2v) is 3.92. The highest BCUT2D eigenvalue weighted by atomic mass is 79.9. The van der Waals surface area contributed by atoms with E-state index in [9.17, 15) is 9.90 Å². The van der Waals surface area contributed by atoms with Gasteiger partial charge < -0.3 is 21.1 Å². The number of hydrogen-bond donors (Lipinski definition) is 4. The Hall–Kier alpha value is -1.11. The van der Waals surface area contributed by atoms with E-state index in [2.05, 4.69) is 15.9 Å². The van der Waals surface area contributed by atoms with Crippen LogP contribution in [0.3, 0.4) is 0 Å². The van der Waals surface area contributed by atoms with Gasteiger partial charge in [0.2, 0.25) is 0 Å². The fourth-order valence-electron chi connectivity index (χ4n) is 1.11. The third kappa shape index (κ3) is 2.68. The summed E-state index contributed by atoms with van der Waals surface area (Å²) >= 11 is 3.16. The summed E-state index contributed by atoms with van der Waals surface area (Å²) in [5.41, 5.74) is 5.95. The van der Waals surface area contributed by atoms with Crippen molar-refractivity contribution in [3.8, 4) is 0 Å². The average Bonchev–Trinajstić information content (AvgIpc) is 2.19. The van der Waals surface area contributed by atoms with Gasteiger partial charge in [-0.3, -0.25) is 0 Å². The molecule has 5 N–H and O–H groups in total. The predicted octanol–water partition coefficient (Wildman–Crippen LogP) is 0.510. The van der Waals surface area contributed by atoms with E-state index in [4.69, 9.17) is 15.9 Å². The van der Waals surface area contributed by atoms with Gasteiger partial charge in [0.25, 0.3) is 0 Å². The summed E-state index contributed by atoms with van der Waals surface area (Å²) in [6, 6.07) is 4.63. The SMILES string of the molecule is Nc1ccc(Br)cc1C(O)C(O)C(=O)O. The molecule has 1 aromatic rings. The van der Waals surface area contributed by atoms with E-state index in [1.54, 1.807) is 6.07 Å². The summed E-state index contributed by atoms with van der Waals surface area (Å²) in [6.45, 7) is 0. The zero-order valence-electron chi connectivity index (χ0n) is 7.59. The minimum atomic E-state index is -1.89. The number of aliphatic hydroxyl groups excluding tert-OH is 2. The molecule has 0 aliphatic heterocycles. The number of benzene rings is 1. The molecule has 1 aromatic carbocycles. The molecule has 0 radical (unpaired) electrons. The molecule has 2 unspecified atom stereocenters. The van der Waals surface area contributed by atoms with Gasteiger partial charge in [0, 0.05) is 15.7 Å². The molecule has 15 heavy (non-hydrogen) atoms. The molecule has 0 aliphatic rings. The van der Waals surface area contributed by atoms with Gasteiger partial charge >= 0.3 is 5.97 Å². The van der Waals surface area contributed by atoms with Crippen LogP contribution in [-0.4, -0.2) is 27.4 Å². The number of hydrogen-bond acceptors (Lipinski definition) is 4. The van der Waals surface area contributed by atoms with Crippen molar-refractivity contribution in [2.24, 2.45) is 0 Å². The molecule has 0 aromatic heterocycles. The number of halogens is 1. The maximum atomic E-state index is 10.4. The lowest BCUT2D eigenvalue weighted by molar-refractivity contribution is -0.153. The molecule has 0 aliphatic carbocycles. The van der Waals surface area contributed by atoms with Crippen molar-refractivity contribution in [1.29, 1.82) is 0 Å². The molecule has 0 amide bonds. The van der Waals surface area contributed by atoms with E-state index in [0.29, 0.717) is 4.47 Å². The highest BCUT2D eigenvalue weighted by Gasteiger charge is 2.26. The summed E-state index contributed by atoms with van der Waals surface area (Å²) in [6.07, 6.45) is -3.43. The summed E-state index contributed by atoms with van der Waals surface area (Å²) in [4.78, 5) is 10.4. The van der Waals surface area contributed by atoms with Crippen LogP contribution in [-0.2, 0) is 4.79 Å². The van der Waals surface area contributed by atoms with Crippen LogP contribution in [0, 0.1) is 0 Å². The number of aliphatic carboxylic acids is 1. The smallest absolute Gasteiger partial charge is 0.335 e. The third-order valence-electron chi connectivity index (χ3n) is 1.92. The largest absolute Gasteiger partial charge is 0.479 e. The van der Waals surface area contributed by atoms with E-state index in [-0.39, 0.29) is 11.3 Å². The van der Waals surface area contributed by atoms with E-state index in [1.807, 2.05) is 0 Å². The molecule has 0 bridgehead atoms. The molecule has 82 valence electrons. The van der Waals surface area contributed by atoms with Gasteiger partial charge in [-0.05, 0) is 18.2 Å². The normalized spacial score (nSPS) is 14.6. The number of aliphatic hydroxyl groups is 2. The van der Waals surface area contributed by atoms with Gasteiger partial charge in [0.05, 0.1) is 0 Å². The fraction of sp³-hybridized carbons (Fsp3) is 0.222. The maximum absolute atomic E-state index is 10.4. The molecular formula is C9H10BrNO4. The first-order valence-corrected chi connectivity index (χ1v) is 4.86. The third-order valence-corrected chi connectivity index (χ3v) is 2.41. The van der Waals surface area contributed by atoms with Crippen molar-refractivity contribution < 1.29 is 20.1 Å². The second-order valence-electron chi connectivity index (χ2n) is 3.00. The Labute approximate surface area is 94.3 Å². The standard InChI is InChI=1S/C9H10BrNO4/c10-4-1-2-6(11)5(3-4)7(12)8(13)9(14)15/h1-3,7-8,12-13H,11H2,(H,14,15). The van der Waals surface area contributed by atoms with Crippen molar-refractivity contribution in [3.63, 3.8) is 0 Å². The number of carbonyl (C=O) groups is 1. The van der Waals surface area contributed by atoms with Gasteiger partial charge in [-0.1, -0.05) is 15.9 Å². The first-order valence-electron chi connectivity index (χ1n) is 4.07. The van der Waals surface area contributed by atoms with Gasteiger partial charge in [-0.2, -0.15) is 0 Å². The van der Waals surface area contributed by atoms with E-state index >= 15 is 0 Å². The van der Waals surface area contributed by atoms with Crippen molar-refractivity contribution in [2.75, 3.05) is 5.73 Å². The number of rotatable bonds is 3. The van der Waals surface area contributed by atoms with E-state index in [1.165, 1.54) is 12.1 Å². The lowest BCUT2D eigenvalue weighted by Crippen LogP contribution is -2.28. The monoisotopic (exact) mass is 275 g/mol. The van der Waals surface area contributed by atoms with Crippen LogP contribution in [0.1, 0.15) is 11.7 Å². The lowest BCUT2D eigenvalue weighted by Gasteiger charge is -2.16. The first-order chi connectivity index (χ1) is 6.93. The summed E-state index contributed by atoms with van der Waals surface area (Å²) < 4.78 is 0.642. The van der Waals surface area contributed by atoms with Crippen molar-refractivity contribution in [1.82, 2.24) is 0 Å². The van der Waals surface area contributed by atoms with Crippen LogP contribution >= 0.6 is 15.9 Å². The van der Waals surface area contributed by atoms with Crippen LogP contribution in [0.15, 0.2) is 22.7 Å². The Morgan fingerprint density at radius 1 is 1.40 bits per heavy atom. The Bertz CT molecular complexity index is 382. The van der Waals surface area contributed by atoms with Crippen molar-refractivity contribution in [3.05, 3.63) is 28.2 Å². The number of nitrogens with two attached hydrogens (primary N) is 1. The molecule has 0 saturated heterocycles. The Kier molecular flexibility index (Phi) is 3.67. The number of carboxylic acids is 1. The number of anilines is 1. The summed E-state index contributed by atoms with van der Waals surface area (Å²) in [7, 11) is 0. The molecule has 0 saturated carbocycles. The predicted molar refractivity (Wildman–Crippen MR) is 57.2 cm³/mol. The van der Waals surface area contributed by atoms with Crippen molar-refractivity contribution in [2.45, 2.75) is 12.2 Å². The van der Waals surface area contributed by atoms with Crippen molar-refractivity contribution >= 4 is 27.6 Å². The summed E-state index contributed by atoms with van der Waals surface area (Å²) in [5, 5.41) is 27.2. The van der Waals surface area contributed by atoms with Gasteiger partial charge in [-0.25, -0.2) is 4.79 Å². The maximum Gasteiger partial charge on any atom is 0.335 e. The van der Waals surface area contributed by atoms with Gasteiger partial charge in [0.1, 0.15) is 6.10 Å². The molecule has 6 heteroatoms. The number of nitrogen functional groups attached to an aromatic ring is 1. The van der Waals surface area contributed by atoms with Crippen LogP contribution in [0.25, 0.3) is 0 Å². The first kappa shape index (κ1) is 12.0. The van der Waals surface area contributed by atoms with Crippen LogP contribution in [0.5, 0.6) is 0 Å². The zero-order valence-corrected chi connectivity index (χ0v) is 9.18. The Morgan fingerprint density at radius 2 is 2.00 bits per heavy atom. The zero-order chi connectivity index (χ0) is 11.6. The quantitative estimate of drug-likeness (QED) is 0.602. The van der Waals surface area contributed by atoms with Gasteiger partial charge in [0.15, 0.2) is 6.10 Å². The molecule has 1 rings (SSSR count). The number of carboxylic acid groups (broad SMARTS) is 1. The topological polar surface area (TPSA) is 104 Å². The van der Waals surface area contributed by atoms with E-state index in [0.717, 1.165) is 0 Å². The fourth-order valence-corrected chi connectivity index (χ4v) is 1.49. The minimum absolute atomic E-state index is 0.180. The van der Waals surface area contributed by atoms with Crippen LogP contribution in [0.4, 0.5) is 5.69 Å². The molecule has 0 spiro atoms. The molecule has 2 atom stereocenters. The highest BCUT2D eigenvalue weighted by Crippen LogP contribution is 2.26. The lowest BCUT2D eigenvalue weighted by atomic mass is 10.0. The average molecular weight is 276 g/mol. The molecular weight excluding hydrogens is 266 g/mol. The second kappa shape index (κ2) is 4.61. The van der Waals surface area contributed by atoms with Crippen LogP contribution < -0.4 is 5.73 Å². The minimum Gasteiger partial charge on any atom is -0.479 e. The van der Waals surface area contributed by atoms with Crippen LogP contribution in [0.2, 0.25) is 0 Å². The van der Waals surface area contributed by atoms with Gasteiger partial charge in [-0.15, -0.1) is 0 Å². The highest BCUT2D eigenvalue weighted by molar-refractivity contribution is 9.10. The molecule has 0 fully saturated rings. The molecule has 5 nitrogen and oxygen atoms in total. The summed E-state index contributed by atoms with van der Waals surface area (Å²) in [5.74, 6) is -1.50. The van der Waals surface area contributed by atoms with E-state index < -0.39 is 18.2 Å².